The van der Waals surface area contributed by atoms with Gasteiger partial charge in [0.15, 0.2) is 11.5 Å². The molecule has 1 atom stereocenters. The van der Waals surface area contributed by atoms with Crippen LogP contribution in [0.25, 0.3) is 10.9 Å². The average molecular weight is 419 g/mol. The molecule has 5 rings (SSSR count). The number of H-pyrrole nitrogens is 1. The second kappa shape index (κ2) is 8.34. The monoisotopic (exact) mass is 419 g/mol. The number of aromatic nitrogens is 1. The SMILES string of the molecule is O=C(CCc1c[nH]c2ccccc12)N1CCN(C(=O)[C@H]2COc3ccccc3O2)CC1. The molecular formula is C24H25N3O4. The van der Waals surface area contributed by atoms with Crippen LogP contribution >= 0.6 is 0 Å². The molecule has 0 saturated carbocycles. The summed E-state index contributed by atoms with van der Waals surface area (Å²) in [6.07, 6.45) is 2.51. The van der Waals surface area contributed by atoms with Gasteiger partial charge < -0.3 is 24.3 Å². The summed E-state index contributed by atoms with van der Waals surface area (Å²) in [5, 5.41) is 1.17. The van der Waals surface area contributed by atoms with E-state index in [9.17, 15) is 9.59 Å². The summed E-state index contributed by atoms with van der Waals surface area (Å²) in [4.78, 5) is 32.5. The molecule has 0 radical (unpaired) electrons. The van der Waals surface area contributed by atoms with Crippen molar-refractivity contribution in [1.82, 2.24) is 14.8 Å². The van der Waals surface area contributed by atoms with Gasteiger partial charge in [-0.05, 0) is 30.2 Å². The Kier molecular flexibility index (Phi) is 5.24. The highest BCUT2D eigenvalue weighted by Gasteiger charge is 2.33. The normalized spacial score (nSPS) is 18.3. The molecule has 3 heterocycles. The van der Waals surface area contributed by atoms with Gasteiger partial charge in [-0.1, -0.05) is 30.3 Å². The van der Waals surface area contributed by atoms with Gasteiger partial charge in [0.2, 0.25) is 12.0 Å². The maximum absolute atomic E-state index is 12.9. The van der Waals surface area contributed by atoms with Gasteiger partial charge in [-0.15, -0.1) is 0 Å². The number of para-hydroxylation sites is 3. The second-order valence-corrected chi connectivity index (χ2v) is 7.93. The van der Waals surface area contributed by atoms with Gasteiger partial charge in [0.05, 0.1) is 0 Å². The number of fused-ring (bicyclic) bond motifs is 2. The number of nitrogens with one attached hydrogen (secondary N) is 1. The zero-order valence-corrected chi connectivity index (χ0v) is 17.3. The van der Waals surface area contributed by atoms with E-state index in [1.807, 2.05) is 47.5 Å². The van der Waals surface area contributed by atoms with E-state index in [2.05, 4.69) is 11.1 Å². The summed E-state index contributed by atoms with van der Waals surface area (Å²) in [6.45, 7) is 2.32. The molecule has 0 unspecified atom stereocenters. The van der Waals surface area contributed by atoms with Crippen molar-refractivity contribution in [2.45, 2.75) is 18.9 Å². The zero-order valence-electron chi connectivity index (χ0n) is 17.3. The van der Waals surface area contributed by atoms with Crippen molar-refractivity contribution in [2.75, 3.05) is 32.8 Å². The summed E-state index contributed by atoms with van der Waals surface area (Å²) in [6, 6.07) is 15.5. The molecule has 3 aromatic rings. The predicted octanol–water partition coefficient (Wildman–Crippen LogP) is 2.61. The van der Waals surface area contributed by atoms with Crippen LogP contribution in [0.4, 0.5) is 0 Å². The van der Waals surface area contributed by atoms with Gasteiger partial charge in [0.25, 0.3) is 5.91 Å². The number of benzene rings is 2. The molecule has 7 heteroatoms. The molecule has 2 aliphatic heterocycles. The van der Waals surface area contributed by atoms with Gasteiger partial charge in [-0.3, -0.25) is 9.59 Å². The minimum absolute atomic E-state index is 0.0830. The van der Waals surface area contributed by atoms with Crippen LogP contribution in [0, 0.1) is 0 Å². The molecule has 7 nitrogen and oxygen atoms in total. The number of amides is 2. The van der Waals surface area contributed by atoms with Crippen LogP contribution in [0.3, 0.4) is 0 Å². The standard InChI is InChI=1S/C24H25N3O4/c28-23(10-9-17-15-25-19-6-2-1-5-18(17)19)26-11-13-27(14-12-26)24(29)22-16-30-20-7-3-4-8-21(20)31-22/h1-8,15,22,25H,9-14,16H2/t22-/m1/s1. The largest absolute Gasteiger partial charge is 0.485 e. The van der Waals surface area contributed by atoms with Crippen LogP contribution in [0.15, 0.2) is 54.7 Å². The van der Waals surface area contributed by atoms with Crippen LogP contribution in [-0.4, -0.2) is 65.5 Å². The maximum Gasteiger partial charge on any atom is 0.267 e. The molecule has 0 aliphatic carbocycles. The second-order valence-electron chi connectivity index (χ2n) is 7.93. The Hall–Kier alpha value is -3.48. The lowest BCUT2D eigenvalue weighted by Crippen LogP contribution is -2.55. The lowest BCUT2D eigenvalue weighted by molar-refractivity contribution is -0.146. The Morgan fingerprint density at radius 3 is 2.48 bits per heavy atom. The molecule has 1 aromatic heterocycles. The number of aryl methyl sites for hydroxylation is 1. The lowest BCUT2D eigenvalue weighted by atomic mass is 10.1. The first-order valence-corrected chi connectivity index (χ1v) is 10.7. The highest BCUT2D eigenvalue weighted by atomic mass is 16.6. The zero-order chi connectivity index (χ0) is 21.2. The fourth-order valence-electron chi connectivity index (χ4n) is 4.26. The van der Waals surface area contributed by atoms with E-state index in [4.69, 9.17) is 9.47 Å². The molecule has 1 saturated heterocycles. The fraction of sp³-hybridized carbons (Fsp3) is 0.333. The fourth-order valence-corrected chi connectivity index (χ4v) is 4.26. The Labute approximate surface area is 180 Å². The molecular weight excluding hydrogens is 394 g/mol. The molecule has 160 valence electrons. The first kappa shape index (κ1) is 19.5. The van der Waals surface area contributed by atoms with Gasteiger partial charge >= 0.3 is 0 Å². The van der Waals surface area contributed by atoms with Crippen LogP contribution in [0.2, 0.25) is 0 Å². The number of ether oxygens (including phenoxy) is 2. The molecule has 2 amide bonds. The number of carbonyl (C=O) groups excluding carboxylic acids is 2. The smallest absolute Gasteiger partial charge is 0.267 e. The Morgan fingerprint density at radius 2 is 1.65 bits per heavy atom. The van der Waals surface area contributed by atoms with Crippen molar-refractivity contribution in [3.8, 4) is 11.5 Å². The highest BCUT2D eigenvalue weighted by Crippen LogP contribution is 2.31. The molecule has 1 fully saturated rings. The summed E-state index contributed by atoms with van der Waals surface area (Å²) in [5.41, 5.74) is 2.25. The molecule has 31 heavy (non-hydrogen) atoms. The van der Waals surface area contributed by atoms with Gasteiger partial charge in [-0.2, -0.15) is 0 Å². The summed E-state index contributed by atoms with van der Waals surface area (Å²) >= 11 is 0. The van der Waals surface area contributed by atoms with Gasteiger partial charge in [0, 0.05) is 49.7 Å². The third-order valence-corrected chi connectivity index (χ3v) is 6.01. The van der Waals surface area contributed by atoms with E-state index in [0.717, 1.165) is 11.1 Å². The number of hydrogen-bond acceptors (Lipinski definition) is 4. The third kappa shape index (κ3) is 3.95. The number of hydrogen-bond donors (Lipinski definition) is 1. The van der Waals surface area contributed by atoms with Crippen LogP contribution < -0.4 is 9.47 Å². The van der Waals surface area contributed by atoms with Crippen LogP contribution in [0.5, 0.6) is 11.5 Å². The first-order chi connectivity index (χ1) is 15.2. The van der Waals surface area contributed by atoms with E-state index in [-0.39, 0.29) is 18.4 Å². The van der Waals surface area contributed by atoms with Gasteiger partial charge in [-0.25, -0.2) is 0 Å². The Morgan fingerprint density at radius 1 is 0.935 bits per heavy atom. The van der Waals surface area contributed by atoms with Crippen molar-refractivity contribution in [1.29, 1.82) is 0 Å². The van der Waals surface area contributed by atoms with Crippen molar-refractivity contribution >= 4 is 22.7 Å². The van der Waals surface area contributed by atoms with E-state index in [0.29, 0.717) is 50.5 Å². The van der Waals surface area contributed by atoms with Crippen molar-refractivity contribution < 1.29 is 19.1 Å². The van der Waals surface area contributed by atoms with Crippen LogP contribution in [-0.2, 0) is 16.0 Å². The number of nitrogens with zero attached hydrogens (tertiary/aromatic N) is 2. The van der Waals surface area contributed by atoms with E-state index >= 15 is 0 Å². The third-order valence-electron chi connectivity index (χ3n) is 6.01. The van der Waals surface area contributed by atoms with E-state index < -0.39 is 6.10 Å². The molecule has 1 N–H and O–H groups in total. The minimum atomic E-state index is -0.640. The quantitative estimate of drug-likeness (QED) is 0.706. The Balaban J connectivity index is 1.12. The minimum Gasteiger partial charge on any atom is -0.485 e. The predicted molar refractivity (Wildman–Crippen MR) is 116 cm³/mol. The lowest BCUT2D eigenvalue weighted by Gasteiger charge is -2.37. The summed E-state index contributed by atoms with van der Waals surface area (Å²) < 4.78 is 11.5. The number of rotatable bonds is 4. The molecule has 2 aromatic carbocycles. The summed E-state index contributed by atoms with van der Waals surface area (Å²) in [5.74, 6) is 1.30. The number of piperazine rings is 1. The van der Waals surface area contributed by atoms with Crippen LogP contribution in [0.1, 0.15) is 12.0 Å². The van der Waals surface area contributed by atoms with Crippen molar-refractivity contribution in [3.05, 3.63) is 60.3 Å². The number of carbonyl (C=O) groups is 2. The average Bonchev–Trinajstić information content (AvgIpc) is 3.25. The molecule has 2 aliphatic rings. The van der Waals surface area contributed by atoms with E-state index in [1.165, 1.54) is 5.39 Å². The van der Waals surface area contributed by atoms with Gasteiger partial charge in [0.1, 0.15) is 6.61 Å². The van der Waals surface area contributed by atoms with E-state index in [1.54, 1.807) is 11.0 Å². The Bertz CT molecular complexity index is 1100. The summed E-state index contributed by atoms with van der Waals surface area (Å²) in [7, 11) is 0. The van der Waals surface area contributed by atoms with Crippen molar-refractivity contribution in [3.63, 3.8) is 0 Å². The molecule has 0 bridgehead atoms. The first-order valence-electron chi connectivity index (χ1n) is 10.7. The maximum atomic E-state index is 12.9. The number of aromatic amines is 1. The van der Waals surface area contributed by atoms with Crippen molar-refractivity contribution in [2.24, 2.45) is 0 Å². The molecule has 0 spiro atoms. The highest BCUT2D eigenvalue weighted by molar-refractivity contribution is 5.85. The topological polar surface area (TPSA) is 74.9 Å².